The molecule has 1 unspecified atom stereocenters. The molecule has 6 heteroatoms. The first kappa shape index (κ1) is 12.3. The van der Waals surface area contributed by atoms with E-state index in [1.165, 1.54) is 0 Å². The Labute approximate surface area is 115 Å². The number of piperidine rings is 1. The van der Waals surface area contributed by atoms with E-state index in [0.717, 1.165) is 30.9 Å². The van der Waals surface area contributed by atoms with Crippen molar-refractivity contribution in [2.45, 2.75) is 18.8 Å². The Bertz CT molecular complexity index is 563. The zero-order chi connectivity index (χ0) is 13.2. The molecule has 1 aliphatic rings. The van der Waals surface area contributed by atoms with Crippen molar-refractivity contribution in [3.63, 3.8) is 0 Å². The van der Waals surface area contributed by atoms with Crippen LogP contribution in [0.4, 0.5) is 0 Å². The zero-order valence-corrected chi connectivity index (χ0v) is 11.6. The normalized spacial score (nSPS) is 19.6. The lowest BCUT2D eigenvalue weighted by Crippen LogP contribution is -2.40. The Kier molecular flexibility index (Phi) is 3.33. The average molecular weight is 276 g/mol. The quantitative estimate of drug-likeness (QED) is 0.841. The minimum absolute atomic E-state index is 0.0220. The number of rotatable bonds is 2. The van der Waals surface area contributed by atoms with E-state index >= 15 is 0 Å². The zero-order valence-electron chi connectivity index (χ0n) is 10.8. The van der Waals surface area contributed by atoms with Gasteiger partial charge < -0.3 is 9.47 Å². The molecule has 0 bridgehead atoms. The Morgan fingerprint density at radius 2 is 2.32 bits per heavy atom. The number of aryl methyl sites for hydroxylation is 1. The maximum absolute atomic E-state index is 12.4. The van der Waals surface area contributed by atoms with Gasteiger partial charge in [0, 0.05) is 50.0 Å². The number of nitrogens with zero attached hydrogens (tertiary/aromatic N) is 4. The number of amides is 1. The predicted octanol–water partition coefficient (Wildman–Crippen LogP) is 1.90. The topological polar surface area (TPSA) is 51.0 Å². The van der Waals surface area contributed by atoms with Crippen molar-refractivity contribution in [1.29, 1.82) is 0 Å². The highest BCUT2D eigenvalue weighted by Gasteiger charge is 2.28. The standard InChI is InChI=1S/C13H16N4OS/c1-16-7-4-14-11(16)13(18)17-6-2-3-10(9-17)12-15-5-8-19-12/h4-5,7-8,10H,2-3,6,9H2,1H3. The highest BCUT2D eigenvalue weighted by Crippen LogP contribution is 2.28. The van der Waals surface area contributed by atoms with Gasteiger partial charge in [-0.3, -0.25) is 4.79 Å². The highest BCUT2D eigenvalue weighted by atomic mass is 32.1. The molecular weight excluding hydrogens is 260 g/mol. The second-order valence-corrected chi connectivity index (χ2v) is 5.75. The third-order valence-electron chi connectivity index (χ3n) is 3.52. The molecule has 0 spiro atoms. The Balaban J connectivity index is 1.75. The number of hydrogen-bond donors (Lipinski definition) is 0. The molecule has 3 rings (SSSR count). The van der Waals surface area contributed by atoms with Gasteiger partial charge in [-0.15, -0.1) is 11.3 Å². The lowest BCUT2D eigenvalue weighted by Gasteiger charge is -2.31. The van der Waals surface area contributed by atoms with Crippen molar-refractivity contribution in [3.05, 3.63) is 34.8 Å². The fourth-order valence-corrected chi connectivity index (χ4v) is 3.28. The molecular formula is C13H16N4OS. The van der Waals surface area contributed by atoms with Gasteiger partial charge in [-0.25, -0.2) is 9.97 Å². The molecule has 1 fully saturated rings. The number of likely N-dealkylation sites (tertiary alicyclic amines) is 1. The Morgan fingerprint density at radius 1 is 1.42 bits per heavy atom. The summed E-state index contributed by atoms with van der Waals surface area (Å²) in [7, 11) is 1.85. The van der Waals surface area contributed by atoms with Crippen LogP contribution >= 0.6 is 11.3 Å². The summed E-state index contributed by atoms with van der Waals surface area (Å²) in [6.45, 7) is 1.56. The molecule has 0 saturated carbocycles. The van der Waals surface area contributed by atoms with Gasteiger partial charge in [0.05, 0.1) is 5.01 Å². The minimum atomic E-state index is 0.0220. The fraction of sp³-hybridized carbons (Fsp3) is 0.462. The summed E-state index contributed by atoms with van der Waals surface area (Å²) in [6.07, 6.45) is 7.43. The Hall–Kier alpha value is -1.69. The van der Waals surface area contributed by atoms with Gasteiger partial charge in [0.2, 0.25) is 0 Å². The molecule has 19 heavy (non-hydrogen) atoms. The largest absolute Gasteiger partial charge is 0.335 e. The SMILES string of the molecule is Cn1ccnc1C(=O)N1CCCC(c2nccs2)C1. The summed E-state index contributed by atoms with van der Waals surface area (Å²) in [4.78, 5) is 22.8. The number of imidazole rings is 1. The summed E-state index contributed by atoms with van der Waals surface area (Å²) in [6, 6.07) is 0. The van der Waals surface area contributed by atoms with Crippen molar-refractivity contribution in [2.24, 2.45) is 7.05 Å². The van der Waals surface area contributed by atoms with Crippen LogP contribution in [0.3, 0.4) is 0 Å². The molecule has 0 radical (unpaired) electrons. The molecule has 1 atom stereocenters. The number of carbonyl (C=O) groups is 1. The van der Waals surface area contributed by atoms with E-state index in [2.05, 4.69) is 9.97 Å². The van der Waals surface area contributed by atoms with Crippen LogP contribution in [0.1, 0.15) is 34.4 Å². The highest BCUT2D eigenvalue weighted by molar-refractivity contribution is 7.09. The first-order chi connectivity index (χ1) is 9.25. The van der Waals surface area contributed by atoms with Gasteiger partial charge in [0.25, 0.3) is 5.91 Å². The first-order valence-corrected chi connectivity index (χ1v) is 7.29. The van der Waals surface area contributed by atoms with Crippen LogP contribution < -0.4 is 0 Å². The van der Waals surface area contributed by atoms with Crippen molar-refractivity contribution in [2.75, 3.05) is 13.1 Å². The molecule has 3 heterocycles. The summed E-state index contributed by atoms with van der Waals surface area (Å²) in [5.74, 6) is 0.909. The van der Waals surface area contributed by atoms with E-state index in [1.807, 2.05) is 23.5 Å². The summed E-state index contributed by atoms with van der Waals surface area (Å²) in [5.41, 5.74) is 0. The van der Waals surface area contributed by atoms with Crippen molar-refractivity contribution in [3.8, 4) is 0 Å². The molecule has 1 amide bonds. The monoisotopic (exact) mass is 276 g/mol. The van der Waals surface area contributed by atoms with Gasteiger partial charge in [-0.2, -0.15) is 0 Å². The lowest BCUT2D eigenvalue weighted by molar-refractivity contribution is 0.0691. The molecule has 100 valence electrons. The van der Waals surface area contributed by atoms with Crippen LogP contribution in [0.5, 0.6) is 0 Å². The van der Waals surface area contributed by atoms with Gasteiger partial charge in [0.1, 0.15) is 0 Å². The van der Waals surface area contributed by atoms with Crippen LogP contribution in [0.25, 0.3) is 0 Å². The third kappa shape index (κ3) is 2.40. The van der Waals surface area contributed by atoms with Crippen LogP contribution in [0.15, 0.2) is 24.0 Å². The number of thiazole rings is 1. The van der Waals surface area contributed by atoms with Gasteiger partial charge in [0.15, 0.2) is 5.82 Å². The summed E-state index contributed by atoms with van der Waals surface area (Å²) < 4.78 is 1.77. The van der Waals surface area contributed by atoms with Crippen molar-refractivity contribution in [1.82, 2.24) is 19.4 Å². The molecule has 1 aliphatic heterocycles. The maximum Gasteiger partial charge on any atom is 0.289 e. The maximum atomic E-state index is 12.4. The van der Waals surface area contributed by atoms with E-state index in [-0.39, 0.29) is 5.91 Å². The second kappa shape index (κ2) is 5.13. The van der Waals surface area contributed by atoms with E-state index < -0.39 is 0 Å². The van der Waals surface area contributed by atoms with Crippen LogP contribution in [-0.2, 0) is 7.05 Å². The smallest absolute Gasteiger partial charge is 0.289 e. The van der Waals surface area contributed by atoms with Crippen molar-refractivity contribution < 1.29 is 4.79 Å². The first-order valence-electron chi connectivity index (χ1n) is 6.41. The van der Waals surface area contributed by atoms with E-state index in [9.17, 15) is 4.79 Å². The minimum Gasteiger partial charge on any atom is -0.335 e. The molecule has 0 aliphatic carbocycles. The van der Waals surface area contributed by atoms with Crippen molar-refractivity contribution >= 4 is 17.2 Å². The Morgan fingerprint density at radius 3 is 3.00 bits per heavy atom. The number of aromatic nitrogens is 3. The summed E-state index contributed by atoms with van der Waals surface area (Å²) in [5, 5.41) is 3.13. The van der Waals surface area contributed by atoms with Crippen LogP contribution in [0, 0.1) is 0 Å². The van der Waals surface area contributed by atoms with Crippen LogP contribution in [0.2, 0.25) is 0 Å². The average Bonchev–Trinajstić information content (AvgIpc) is 3.09. The number of carbonyl (C=O) groups excluding carboxylic acids is 1. The number of hydrogen-bond acceptors (Lipinski definition) is 4. The predicted molar refractivity (Wildman–Crippen MR) is 73.2 cm³/mol. The lowest BCUT2D eigenvalue weighted by atomic mass is 9.98. The summed E-state index contributed by atoms with van der Waals surface area (Å²) >= 11 is 1.67. The van der Waals surface area contributed by atoms with E-state index in [4.69, 9.17) is 0 Å². The third-order valence-corrected chi connectivity index (χ3v) is 4.46. The molecule has 0 N–H and O–H groups in total. The van der Waals surface area contributed by atoms with Crippen LogP contribution in [-0.4, -0.2) is 38.4 Å². The van der Waals surface area contributed by atoms with Gasteiger partial charge in [-0.1, -0.05) is 0 Å². The van der Waals surface area contributed by atoms with E-state index in [1.54, 1.807) is 28.3 Å². The molecule has 0 aromatic carbocycles. The molecule has 2 aromatic rings. The molecule has 1 saturated heterocycles. The fourth-order valence-electron chi connectivity index (χ4n) is 2.51. The van der Waals surface area contributed by atoms with Gasteiger partial charge >= 0.3 is 0 Å². The van der Waals surface area contributed by atoms with Gasteiger partial charge in [-0.05, 0) is 12.8 Å². The molecule has 5 nitrogen and oxygen atoms in total. The van der Waals surface area contributed by atoms with E-state index in [0.29, 0.717) is 11.7 Å². The molecule has 2 aromatic heterocycles. The second-order valence-electron chi connectivity index (χ2n) is 4.82.